The number of hydrogen-bond acceptors (Lipinski definition) is 4. The fraction of sp³-hybridized carbons (Fsp3) is 0.833. The molecule has 0 radical (unpaired) electrons. The lowest BCUT2D eigenvalue weighted by atomic mass is 9.72. The third kappa shape index (κ3) is 5.79. The molecule has 1 heterocycles. The first-order valence-corrected chi connectivity index (χ1v) is 9.39. The van der Waals surface area contributed by atoms with Crippen LogP contribution in [0.5, 0.6) is 0 Å². The Morgan fingerprint density at radius 3 is 2.28 bits per heavy atom. The number of carbonyl (C=O) groups is 3. The molecule has 11 heteroatoms. The first-order chi connectivity index (χ1) is 13.2. The number of aliphatic carboxylic acids is 1. The fourth-order valence-corrected chi connectivity index (χ4v) is 3.92. The summed E-state index contributed by atoms with van der Waals surface area (Å²) in [7, 11) is 0. The van der Waals surface area contributed by atoms with Gasteiger partial charge in [0, 0.05) is 19.3 Å². The standard InChI is InChI=1S/C18H24F5NO5/c1-9(2)13-8-29-16(28)24(13)14(25)11(3-4-18(21,22)23)12(15(26)27)5-10-6-17(19,20)7-10/h9-13H,3-8H2,1-2H3,(H,26,27)/t11?,12?,13-/m1/s1. The molecule has 2 amide bonds. The van der Waals surface area contributed by atoms with E-state index in [2.05, 4.69) is 0 Å². The zero-order valence-corrected chi connectivity index (χ0v) is 16.0. The van der Waals surface area contributed by atoms with Crippen LogP contribution >= 0.6 is 0 Å². The van der Waals surface area contributed by atoms with Crippen molar-refractivity contribution in [1.82, 2.24) is 4.90 Å². The Bertz CT molecular complexity index is 643. The lowest BCUT2D eigenvalue weighted by Crippen LogP contribution is -2.48. The monoisotopic (exact) mass is 429 g/mol. The van der Waals surface area contributed by atoms with E-state index >= 15 is 0 Å². The molecule has 1 saturated heterocycles. The van der Waals surface area contributed by atoms with Crippen LogP contribution in [0, 0.1) is 23.7 Å². The summed E-state index contributed by atoms with van der Waals surface area (Å²) in [5.74, 6) is -9.78. The number of halogens is 5. The second-order valence-corrected chi connectivity index (χ2v) is 8.17. The van der Waals surface area contributed by atoms with Gasteiger partial charge in [-0.25, -0.2) is 18.5 Å². The van der Waals surface area contributed by atoms with Gasteiger partial charge >= 0.3 is 18.2 Å². The number of hydrogen-bond donors (Lipinski definition) is 1. The van der Waals surface area contributed by atoms with Crippen LogP contribution in [0.25, 0.3) is 0 Å². The van der Waals surface area contributed by atoms with Crippen LogP contribution in [0.15, 0.2) is 0 Å². The van der Waals surface area contributed by atoms with Crippen molar-refractivity contribution in [3.05, 3.63) is 0 Å². The maximum absolute atomic E-state index is 13.1. The van der Waals surface area contributed by atoms with E-state index in [-0.39, 0.29) is 18.9 Å². The number of imide groups is 1. The third-order valence-electron chi connectivity index (χ3n) is 5.53. The van der Waals surface area contributed by atoms with Gasteiger partial charge in [-0.05, 0) is 24.7 Å². The van der Waals surface area contributed by atoms with Gasteiger partial charge in [-0.1, -0.05) is 13.8 Å². The van der Waals surface area contributed by atoms with Crippen LogP contribution in [0.3, 0.4) is 0 Å². The summed E-state index contributed by atoms with van der Waals surface area (Å²) in [5, 5.41) is 9.55. The van der Waals surface area contributed by atoms with Crippen LogP contribution in [0.1, 0.15) is 46.0 Å². The third-order valence-corrected chi connectivity index (χ3v) is 5.53. The van der Waals surface area contributed by atoms with Gasteiger partial charge in [-0.2, -0.15) is 13.2 Å². The molecule has 2 rings (SSSR count). The van der Waals surface area contributed by atoms with Crippen LogP contribution in [0.2, 0.25) is 0 Å². The lowest BCUT2D eigenvalue weighted by molar-refractivity contribution is -0.160. The summed E-state index contributed by atoms with van der Waals surface area (Å²) in [6.45, 7) is 3.23. The molecule has 0 aromatic carbocycles. The number of cyclic esters (lactones) is 1. The van der Waals surface area contributed by atoms with Gasteiger partial charge in [0.15, 0.2) is 0 Å². The number of carboxylic acids is 1. The van der Waals surface area contributed by atoms with Crippen molar-refractivity contribution in [3.63, 3.8) is 0 Å². The average Bonchev–Trinajstić information content (AvgIpc) is 2.92. The normalized spacial score (nSPS) is 24.2. The van der Waals surface area contributed by atoms with Crippen molar-refractivity contribution in [2.24, 2.45) is 23.7 Å². The highest BCUT2D eigenvalue weighted by Crippen LogP contribution is 2.47. The molecule has 29 heavy (non-hydrogen) atoms. The zero-order chi connectivity index (χ0) is 22.1. The van der Waals surface area contributed by atoms with E-state index in [1.807, 2.05) is 0 Å². The van der Waals surface area contributed by atoms with Crippen molar-refractivity contribution in [1.29, 1.82) is 0 Å². The molecule has 0 spiro atoms. The van der Waals surface area contributed by atoms with Crippen LogP contribution in [-0.2, 0) is 14.3 Å². The van der Waals surface area contributed by atoms with E-state index in [0.29, 0.717) is 4.90 Å². The first kappa shape index (κ1) is 23.3. The van der Waals surface area contributed by atoms with E-state index in [1.165, 1.54) is 0 Å². The zero-order valence-electron chi connectivity index (χ0n) is 16.0. The number of alkyl halides is 5. The molecule has 3 atom stereocenters. The van der Waals surface area contributed by atoms with Crippen LogP contribution < -0.4 is 0 Å². The maximum Gasteiger partial charge on any atom is 0.416 e. The molecule has 1 saturated carbocycles. The van der Waals surface area contributed by atoms with Gasteiger partial charge in [0.1, 0.15) is 6.61 Å². The topological polar surface area (TPSA) is 83.9 Å². The van der Waals surface area contributed by atoms with Crippen molar-refractivity contribution >= 4 is 18.0 Å². The highest BCUT2D eigenvalue weighted by atomic mass is 19.4. The largest absolute Gasteiger partial charge is 0.481 e. The average molecular weight is 429 g/mol. The predicted octanol–water partition coefficient (Wildman–Crippen LogP) is 4.08. The Morgan fingerprint density at radius 2 is 1.83 bits per heavy atom. The predicted molar refractivity (Wildman–Crippen MR) is 89.0 cm³/mol. The van der Waals surface area contributed by atoms with Gasteiger partial charge in [0.25, 0.3) is 0 Å². The van der Waals surface area contributed by atoms with Crippen molar-refractivity contribution in [3.8, 4) is 0 Å². The molecule has 0 aromatic heterocycles. The van der Waals surface area contributed by atoms with Crippen LogP contribution in [-0.4, -0.2) is 52.7 Å². The Kier molecular flexibility index (Phi) is 6.79. The summed E-state index contributed by atoms with van der Waals surface area (Å²) < 4.78 is 69.4. The maximum atomic E-state index is 13.1. The van der Waals surface area contributed by atoms with Gasteiger partial charge < -0.3 is 9.84 Å². The summed E-state index contributed by atoms with van der Waals surface area (Å²) in [6.07, 6.45) is -9.46. The lowest BCUT2D eigenvalue weighted by Gasteiger charge is -2.38. The molecular weight excluding hydrogens is 405 g/mol. The Balaban J connectivity index is 2.27. The molecule has 0 bridgehead atoms. The molecular formula is C18H24F5NO5. The highest BCUT2D eigenvalue weighted by Gasteiger charge is 2.50. The van der Waals surface area contributed by atoms with Gasteiger partial charge in [0.05, 0.1) is 17.9 Å². The number of carbonyl (C=O) groups excluding carboxylic acids is 2. The quantitative estimate of drug-likeness (QED) is 0.588. The Morgan fingerprint density at radius 1 is 1.24 bits per heavy atom. The molecule has 1 aliphatic heterocycles. The minimum Gasteiger partial charge on any atom is -0.481 e. The summed E-state index contributed by atoms with van der Waals surface area (Å²) >= 11 is 0. The number of rotatable bonds is 8. The van der Waals surface area contributed by atoms with Gasteiger partial charge in [-0.3, -0.25) is 9.59 Å². The SMILES string of the molecule is CC(C)[C@H]1COC(=O)N1C(=O)C(CCC(F)(F)F)C(CC1CC(F)(F)C1)C(=O)O. The molecule has 1 aliphatic carbocycles. The van der Waals surface area contributed by atoms with E-state index in [0.717, 1.165) is 0 Å². The number of ether oxygens (including phenoxy) is 1. The van der Waals surface area contributed by atoms with Crippen LogP contribution in [0.4, 0.5) is 26.7 Å². The number of nitrogens with zero attached hydrogens (tertiary/aromatic N) is 1. The Labute approximate surface area is 164 Å². The Hall–Kier alpha value is -1.94. The highest BCUT2D eigenvalue weighted by molar-refractivity contribution is 5.96. The molecule has 6 nitrogen and oxygen atoms in total. The smallest absolute Gasteiger partial charge is 0.416 e. The molecule has 2 fully saturated rings. The minimum absolute atomic E-state index is 0.138. The summed E-state index contributed by atoms with van der Waals surface area (Å²) in [4.78, 5) is 37.5. The summed E-state index contributed by atoms with van der Waals surface area (Å²) in [6, 6.07) is -0.731. The molecule has 2 aliphatic rings. The van der Waals surface area contributed by atoms with Crippen molar-refractivity contribution in [2.75, 3.05) is 6.61 Å². The second kappa shape index (κ2) is 8.43. The summed E-state index contributed by atoms with van der Waals surface area (Å²) in [5.41, 5.74) is 0. The molecule has 1 N–H and O–H groups in total. The van der Waals surface area contributed by atoms with E-state index in [4.69, 9.17) is 4.74 Å². The van der Waals surface area contributed by atoms with E-state index in [1.54, 1.807) is 13.8 Å². The molecule has 2 unspecified atom stereocenters. The van der Waals surface area contributed by atoms with E-state index < -0.39 is 79.5 Å². The molecule has 166 valence electrons. The first-order valence-electron chi connectivity index (χ1n) is 9.39. The fourth-order valence-electron chi connectivity index (χ4n) is 3.92. The second-order valence-electron chi connectivity index (χ2n) is 8.17. The van der Waals surface area contributed by atoms with Crippen molar-refractivity contribution in [2.45, 2.75) is 64.1 Å². The number of carboxylic acid groups (broad SMARTS) is 1. The van der Waals surface area contributed by atoms with Crippen molar-refractivity contribution < 1.29 is 46.2 Å². The molecule has 0 aromatic rings. The minimum atomic E-state index is -4.64. The number of amides is 2. The van der Waals surface area contributed by atoms with Gasteiger partial charge in [0.2, 0.25) is 11.8 Å². The van der Waals surface area contributed by atoms with Gasteiger partial charge in [-0.15, -0.1) is 0 Å². The van der Waals surface area contributed by atoms with E-state index in [9.17, 15) is 41.4 Å².